The lowest BCUT2D eigenvalue weighted by atomic mass is 10.1. The van der Waals surface area contributed by atoms with Crippen molar-refractivity contribution < 1.29 is 14.0 Å². The first-order valence-corrected chi connectivity index (χ1v) is 10.1. The van der Waals surface area contributed by atoms with Crippen LogP contribution in [0.1, 0.15) is 21.7 Å². The second kappa shape index (κ2) is 9.00. The van der Waals surface area contributed by atoms with Crippen LogP contribution in [0.5, 0.6) is 0 Å². The molecule has 2 aromatic carbocycles. The maximum absolute atomic E-state index is 12.7. The van der Waals surface area contributed by atoms with E-state index < -0.39 is 0 Å². The van der Waals surface area contributed by atoms with Gasteiger partial charge in [-0.3, -0.25) is 4.79 Å². The Morgan fingerprint density at radius 3 is 2.60 bits per heavy atom. The van der Waals surface area contributed by atoms with Gasteiger partial charge in [0.2, 0.25) is 5.76 Å². The van der Waals surface area contributed by atoms with E-state index in [9.17, 15) is 9.59 Å². The molecule has 0 aliphatic carbocycles. The molecule has 30 heavy (non-hydrogen) atoms. The Bertz CT molecular complexity index is 1020. The number of oxazole rings is 1. The van der Waals surface area contributed by atoms with Gasteiger partial charge in [0.15, 0.2) is 0 Å². The van der Waals surface area contributed by atoms with Crippen LogP contribution < -0.4 is 10.2 Å². The van der Waals surface area contributed by atoms with Gasteiger partial charge >= 0.3 is 12.0 Å². The fourth-order valence-corrected chi connectivity index (χ4v) is 3.39. The van der Waals surface area contributed by atoms with Crippen LogP contribution in [0.4, 0.5) is 10.8 Å². The van der Waals surface area contributed by atoms with Crippen LogP contribution in [0.25, 0.3) is 0 Å². The summed E-state index contributed by atoms with van der Waals surface area (Å²) in [7, 11) is 0. The molecule has 4 rings (SSSR count). The van der Waals surface area contributed by atoms with Crippen molar-refractivity contribution in [3.05, 3.63) is 82.7 Å². The molecule has 1 N–H and O–H groups in total. The molecule has 7 nitrogen and oxygen atoms in total. The molecular formula is C22H21ClN4O3. The Morgan fingerprint density at radius 2 is 1.83 bits per heavy atom. The number of amides is 3. The third kappa shape index (κ3) is 4.63. The molecule has 0 spiro atoms. The number of benzene rings is 2. The van der Waals surface area contributed by atoms with E-state index in [1.807, 2.05) is 42.5 Å². The van der Waals surface area contributed by atoms with E-state index in [2.05, 4.69) is 10.3 Å². The third-order valence-corrected chi connectivity index (χ3v) is 5.12. The Kier molecular flexibility index (Phi) is 5.99. The Morgan fingerprint density at radius 1 is 1.07 bits per heavy atom. The number of anilines is 1. The van der Waals surface area contributed by atoms with Crippen molar-refractivity contribution >= 4 is 29.6 Å². The van der Waals surface area contributed by atoms with Crippen LogP contribution in [0.15, 0.2) is 65.2 Å². The van der Waals surface area contributed by atoms with Crippen LogP contribution in [-0.4, -0.2) is 41.5 Å². The molecule has 2 heterocycles. The lowest BCUT2D eigenvalue weighted by molar-refractivity contribution is 0.0927. The second-order valence-electron chi connectivity index (χ2n) is 6.98. The number of hydrogen-bond donors (Lipinski definition) is 1. The molecule has 3 aromatic rings. The van der Waals surface area contributed by atoms with Crippen LogP contribution >= 0.6 is 11.6 Å². The Balaban J connectivity index is 1.32. The van der Waals surface area contributed by atoms with Crippen LogP contribution in [0.3, 0.4) is 0 Å². The Labute approximate surface area is 179 Å². The van der Waals surface area contributed by atoms with Gasteiger partial charge in [0.05, 0.1) is 6.20 Å². The topological polar surface area (TPSA) is 78.7 Å². The number of halogens is 1. The van der Waals surface area contributed by atoms with Gasteiger partial charge in [-0.2, -0.15) is 0 Å². The minimum atomic E-state index is -0.352. The quantitative estimate of drug-likeness (QED) is 0.626. The molecule has 0 bridgehead atoms. The summed E-state index contributed by atoms with van der Waals surface area (Å²) in [5.74, 6) is -0.267. The van der Waals surface area contributed by atoms with E-state index >= 15 is 0 Å². The molecule has 154 valence electrons. The summed E-state index contributed by atoms with van der Waals surface area (Å²) in [5.41, 5.74) is 2.12. The number of carbonyl (C=O) groups is 2. The SMILES string of the molecule is O=C(NCCc1ccccc1)c1cnc(N2CCN(Cc3ccc(Cl)cc3)C2=O)o1. The van der Waals surface area contributed by atoms with Crippen molar-refractivity contribution in [1.82, 2.24) is 15.2 Å². The van der Waals surface area contributed by atoms with Gasteiger partial charge in [-0.1, -0.05) is 54.1 Å². The lowest BCUT2D eigenvalue weighted by Gasteiger charge is -2.16. The summed E-state index contributed by atoms with van der Waals surface area (Å²) in [6, 6.07) is 17.2. The largest absolute Gasteiger partial charge is 0.418 e. The highest BCUT2D eigenvalue weighted by Gasteiger charge is 2.33. The van der Waals surface area contributed by atoms with Gasteiger partial charge in [-0.25, -0.2) is 14.7 Å². The van der Waals surface area contributed by atoms with Crippen LogP contribution in [-0.2, 0) is 13.0 Å². The molecule has 1 saturated heterocycles. The molecule has 1 aliphatic rings. The highest BCUT2D eigenvalue weighted by Crippen LogP contribution is 2.22. The first-order chi connectivity index (χ1) is 14.6. The Hall–Kier alpha value is -3.32. The maximum atomic E-state index is 12.7. The number of carbonyl (C=O) groups excluding carboxylic acids is 2. The summed E-state index contributed by atoms with van der Waals surface area (Å²) in [5, 5.41) is 3.47. The first kappa shape index (κ1) is 20.0. The number of hydrogen-bond acceptors (Lipinski definition) is 4. The van der Waals surface area contributed by atoms with E-state index in [0.29, 0.717) is 31.2 Å². The highest BCUT2D eigenvalue weighted by molar-refractivity contribution is 6.30. The van der Waals surface area contributed by atoms with Crippen molar-refractivity contribution in [3.63, 3.8) is 0 Å². The molecule has 1 aliphatic heterocycles. The zero-order valence-corrected chi connectivity index (χ0v) is 17.0. The second-order valence-corrected chi connectivity index (χ2v) is 7.42. The third-order valence-electron chi connectivity index (χ3n) is 4.87. The summed E-state index contributed by atoms with van der Waals surface area (Å²) >= 11 is 5.91. The fourth-order valence-electron chi connectivity index (χ4n) is 3.26. The summed E-state index contributed by atoms with van der Waals surface area (Å²) in [4.78, 5) is 32.3. The monoisotopic (exact) mass is 424 g/mol. The average molecular weight is 425 g/mol. The van der Waals surface area contributed by atoms with Crippen molar-refractivity contribution in [1.29, 1.82) is 0 Å². The molecule has 0 unspecified atom stereocenters. The highest BCUT2D eigenvalue weighted by atomic mass is 35.5. The van der Waals surface area contributed by atoms with E-state index in [0.717, 1.165) is 17.5 Å². The lowest BCUT2D eigenvalue weighted by Crippen LogP contribution is -2.31. The number of aromatic nitrogens is 1. The average Bonchev–Trinajstić information content (AvgIpc) is 3.38. The van der Waals surface area contributed by atoms with Crippen molar-refractivity contribution in [2.24, 2.45) is 0 Å². The number of nitrogens with zero attached hydrogens (tertiary/aromatic N) is 3. The molecule has 3 amide bonds. The molecule has 0 saturated carbocycles. The summed E-state index contributed by atoms with van der Waals surface area (Å²) < 4.78 is 5.55. The van der Waals surface area contributed by atoms with Gasteiger partial charge in [-0.05, 0) is 29.7 Å². The van der Waals surface area contributed by atoms with Gasteiger partial charge < -0.3 is 14.6 Å². The first-order valence-electron chi connectivity index (χ1n) is 9.69. The van der Waals surface area contributed by atoms with Gasteiger partial charge in [0.1, 0.15) is 0 Å². The minimum absolute atomic E-state index is 0.0852. The normalized spacial score (nSPS) is 13.7. The van der Waals surface area contributed by atoms with Gasteiger partial charge in [0, 0.05) is 31.2 Å². The number of rotatable bonds is 7. The van der Waals surface area contributed by atoms with Gasteiger partial charge in [-0.15, -0.1) is 0 Å². The van der Waals surface area contributed by atoms with E-state index in [1.54, 1.807) is 17.0 Å². The number of nitrogens with one attached hydrogen (secondary N) is 1. The predicted molar refractivity (Wildman–Crippen MR) is 114 cm³/mol. The molecule has 8 heteroatoms. The fraction of sp³-hybridized carbons (Fsp3) is 0.227. The van der Waals surface area contributed by atoms with Crippen LogP contribution in [0, 0.1) is 0 Å². The van der Waals surface area contributed by atoms with Crippen molar-refractivity contribution in [2.75, 3.05) is 24.5 Å². The zero-order chi connectivity index (χ0) is 20.9. The van der Waals surface area contributed by atoms with Gasteiger partial charge in [0.25, 0.3) is 5.91 Å². The van der Waals surface area contributed by atoms with Crippen molar-refractivity contribution in [3.8, 4) is 0 Å². The van der Waals surface area contributed by atoms with E-state index in [1.165, 1.54) is 11.1 Å². The van der Waals surface area contributed by atoms with E-state index in [4.69, 9.17) is 16.0 Å². The molecule has 0 radical (unpaired) electrons. The molecule has 1 aromatic heterocycles. The summed E-state index contributed by atoms with van der Waals surface area (Å²) in [6.07, 6.45) is 2.07. The molecule has 1 fully saturated rings. The van der Waals surface area contributed by atoms with E-state index in [-0.39, 0.29) is 23.7 Å². The van der Waals surface area contributed by atoms with Crippen LogP contribution in [0.2, 0.25) is 5.02 Å². The van der Waals surface area contributed by atoms with Crippen molar-refractivity contribution in [2.45, 2.75) is 13.0 Å². The minimum Gasteiger partial charge on any atom is -0.418 e. The zero-order valence-electron chi connectivity index (χ0n) is 16.3. The standard InChI is InChI=1S/C22H21ClN4O3/c23-18-8-6-17(7-9-18)15-26-12-13-27(22(26)29)21-25-14-19(30-21)20(28)24-11-10-16-4-2-1-3-5-16/h1-9,14H,10-13,15H2,(H,24,28). The number of urea groups is 1. The predicted octanol–water partition coefficient (Wildman–Crippen LogP) is 3.74. The smallest absolute Gasteiger partial charge is 0.328 e. The summed E-state index contributed by atoms with van der Waals surface area (Å²) in [6.45, 7) is 1.95. The molecular weight excluding hydrogens is 404 g/mol. The molecule has 0 atom stereocenters. The maximum Gasteiger partial charge on any atom is 0.328 e.